The van der Waals surface area contributed by atoms with Crippen molar-refractivity contribution in [2.75, 3.05) is 6.61 Å². The maximum atomic E-state index is 11.5. The Kier molecular flexibility index (Phi) is 7.29. The van der Waals surface area contributed by atoms with E-state index in [4.69, 9.17) is 18.9 Å². The van der Waals surface area contributed by atoms with Gasteiger partial charge in [-0.15, -0.1) is 0 Å². The van der Waals surface area contributed by atoms with Gasteiger partial charge in [0.15, 0.2) is 6.29 Å². The number of hydrogen-bond donors (Lipinski definition) is 1. The van der Waals surface area contributed by atoms with Crippen molar-refractivity contribution in [3.63, 3.8) is 0 Å². The summed E-state index contributed by atoms with van der Waals surface area (Å²) in [6.45, 7) is 2.77. The van der Waals surface area contributed by atoms with Crippen LogP contribution in [0, 0.1) is 6.92 Å². The van der Waals surface area contributed by atoms with Crippen LogP contribution < -0.4 is 0 Å². The lowest BCUT2D eigenvalue weighted by atomic mass is 9.98. The summed E-state index contributed by atoms with van der Waals surface area (Å²) in [4.78, 5) is 1.03. The van der Waals surface area contributed by atoms with Crippen molar-refractivity contribution in [3.05, 3.63) is 114 Å². The number of rotatable bonds is 6. The van der Waals surface area contributed by atoms with E-state index in [0.29, 0.717) is 13.2 Å². The van der Waals surface area contributed by atoms with Crippen LogP contribution in [0.3, 0.4) is 0 Å². The van der Waals surface area contributed by atoms with Crippen molar-refractivity contribution in [3.8, 4) is 0 Å². The molecule has 0 amide bonds. The lowest BCUT2D eigenvalue weighted by molar-refractivity contribution is -0.325. The summed E-state index contributed by atoms with van der Waals surface area (Å²) in [6, 6.07) is 32.6. The monoisotopic (exact) mass is 514 g/mol. The predicted molar refractivity (Wildman–Crippen MR) is 144 cm³/mol. The van der Waals surface area contributed by atoms with Crippen LogP contribution in [-0.2, 0) is 25.6 Å². The van der Waals surface area contributed by atoms with Crippen LogP contribution in [0.2, 0.25) is 0 Å². The van der Waals surface area contributed by atoms with Gasteiger partial charge in [0.1, 0.15) is 29.9 Å². The van der Waals surface area contributed by atoms with E-state index in [1.807, 2.05) is 54.6 Å². The molecular weight excluding hydrogens is 484 g/mol. The average molecular weight is 515 g/mol. The van der Waals surface area contributed by atoms with E-state index in [1.54, 1.807) is 0 Å². The smallest absolute Gasteiger partial charge is 0.184 e. The van der Waals surface area contributed by atoms with Gasteiger partial charge in [-0.25, -0.2) is 0 Å². The summed E-state index contributed by atoms with van der Waals surface area (Å²) in [7, 11) is 0. The molecule has 2 aliphatic heterocycles. The summed E-state index contributed by atoms with van der Waals surface area (Å²) < 4.78 is 25.2. The Bertz CT molecular complexity index is 1330. The molecule has 37 heavy (non-hydrogen) atoms. The third-order valence-electron chi connectivity index (χ3n) is 6.91. The van der Waals surface area contributed by atoms with Crippen molar-refractivity contribution in [1.29, 1.82) is 0 Å². The van der Waals surface area contributed by atoms with Crippen LogP contribution in [0.5, 0.6) is 0 Å². The summed E-state index contributed by atoms with van der Waals surface area (Å²) in [5.41, 5.74) is 2.65. The topological polar surface area (TPSA) is 57.2 Å². The first kappa shape index (κ1) is 24.6. The van der Waals surface area contributed by atoms with Crippen LogP contribution in [0.15, 0.2) is 102 Å². The van der Waals surface area contributed by atoms with E-state index < -0.39 is 30.0 Å². The molecule has 0 aromatic heterocycles. The number of hydrogen-bond acceptors (Lipinski definition) is 6. The summed E-state index contributed by atoms with van der Waals surface area (Å²) in [6.07, 6.45) is -2.82. The molecule has 6 heteroatoms. The van der Waals surface area contributed by atoms with Crippen molar-refractivity contribution < 1.29 is 24.1 Å². The average Bonchev–Trinajstić information content (AvgIpc) is 2.94. The van der Waals surface area contributed by atoms with Gasteiger partial charge >= 0.3 is 0 Å². The highest BCUT2D eigenvalue weighted by Gasteiger charge is 2.50. The maximum Gasteiger partial charge on any atom is 0.184 e. The minimum atomic E-state index is -0.887. The standard InChI is InChI=1S/C31H30O5S/c1-20-11-15-25(16-12-20)37-31-27(32)29(33-18-21-13-14-22-7-5-6-10-24(22)17-21)28-26(35-31)19-34-30(36-28)23-8-3-2-4-9-23/h2-17,26-32H,18-19H2,1H3/t26-,27+,28-,29-,30-,31-/m1/s1. The van der Waals surface area contributed by atoms with Gasteiger partial charge in [0, 0.05) is 10.5 Å². The fourth-order valence-corrected chi connectivity index (χ4v) is 5.96. The molecule has 2 saturated heterocycles. The SMILES string of the molecule is Cc1ccc(S[C@H]2O[C@@H]3CO[C@@H](c4ccccc4)O[C@H]3[C@H](OCc3ccc4ccccc4c3)[C@@H]2O)cc1. The van der Waals surface area contributed by atoms with E-state index in [0.717, 1.165) is 21.4 Å². The minimum absolute atomic E-state index is 0.354. The first-order valence-electron chi connectivity index (χ1n) is 12.6. The lowest BCUT2D eigenvalue weighted by Crippen LogP contribution is -2.61. The molecule has 0 bridgehead atoms. The molecule has 0 spiro atoms. The van der Waals surface area contributed by atoms with Crippen LogP contribution in [0.1, 0.15) is 23.0 Å². The molecule has 6 rings (SSSR count). The molecular formula is C31H30O5S. The summed E-state index contributed by atoms with van der Waals surface area (Å²) in [5, 5.41) is 13.8. The maximum absolute atomic E-state index is 11.5. The Morgan fingerprint density at radius 2 is 1.62 bits per heavy atom. The van der Waals surface area contributed by atoms with E-state index in [9.17, 15) is 5.11 Å². The molecule has 6 atom stereocenters. The molecule has 0 saturated carbocycles. The fraction of sp³-hybridized carbons (Fsp3) is 0.290. The number of aryl methyl sites for hydroxylation is 1. The Morgan fingerprint density at radius 1 is 0.865 bits per heavy atom. The largest absolute Gasteiger partial charge is 0.387 e. The quantitative estimate of drug-likeness (QED) is 0.339. The van der Waals surface area contributed by atoms with Crippen molar-refractivity contribution >= 4 is 22.5 Å². The highest BCUT2D eigenvalue weighted by Crippen LogP contribution is 2.40. The molecule has 0 aliphatic carbocycles. The molecule has 190 valence electrons. The fourth-order valence-electron chi connectivity index (χ4n) is 4.90. The van der Waals surface area contributed by atoms with Crippen LogP contribution in [-0.4, -0.2) is 41.6 Å². The van der Waals surface area contributed by atoms with Crippen LogP contribution >= 0.6 is 11.8 Å². The second kappa shape index (κ2) is 11.0. The van der Waals surface area contributed by atoms with Crippen LogP contribution in [0.4, 0.5) is 0 Å². The number of benzene rings is 4. The molecule has 5 nitrogen and oxygen atoms in total. The van der Waals surface area contributed by atoms with E-state index in [-0.39, 0.29) is 6.10 Å². The second-order valence-corrected chi connectivity index (χ2v) is 10.8. The summed E-state index contributed by atoms with van der Waals surface area (Å²) >= 11 is 1.50. The first-order chi connectivity index (χ1) is 18.1. The van der Waals surface area contributed by atoms with Gasteiger partial charge in [-0.1, -0.05) is 96.2 Å². The minimum Gasteiger partial charge on any atom is -0.387 e. The first-order valence-corrected chi connectivity index (χ1v) is 13.5. The highest BCUT2D eigenvalue weighted by atomic mass is 32.2. The van der Waals surface area contributed by atoms with Gasteiger partial charge < -0.3 is 24.1 Å². The molecule has 2 fully saturated rings. The van der Waals surface area contributed by atoms with E-state index in [1.165, 1.54) is 22.7 Å². The highest BCUT2D eigenvalue weighted by molar-refractivity contribution is 7.99. The molecule has 0 unspecified atom stereocenters. The van der Waals surface area contributed by atoms with Crippen LogP contribution in [0.25, 0.3) is 10.8 Å². The second-order valence-electron chi connectivity index (χ2n) is 9.60. The third kappa shape index (κ3) is 5.46. The molecule has 4 aromatic carbocycles. The van der Waals surface area contributed by atoms with Gasteiger partial charge in [0.05, 0.1) is 13.2 Å². The molecule has 1 N–H and O–H groups in total. The normalized spacial score (nSPS) is 27.6. The number of aliphatic hydroxyl groups is 1. The predicted octanol–water partition coefficient (Wildman–Crippen LogP) is 6.03. The van der Waals surface area contributed by atoms with Gasteiger partial charge in [0.2, 0.25) is 0 Å². The third-order valence-corrected chi connectivity index (χ3v) is 8.08. The van der Waals surface area contributed by atoms with Gasteiger partial charge in [-0.05, 0) is 41.5 Å². The van der Waals surface area contributed by atoms with Crippen molar-refractivity contribution in [1.82, 2.24) is 0 Å². The number of fused-ring (bicyclic) bond motifs is 2. The van der Waals surface area contributed by atoms with Crippen molar-refractivity contribution in [2.24, 2.45) is 0 Å². The zero-order valence-electron chi connectivity index (χ0n) is 20.6. The molecule has 2 aliphatic rings. The summed E-state index contributed by atoms with van der Waals surface area (Å²) in [5.74, 6) is 0. The van der Waals surface area contributed by atoms with Gasteiger partial charge in [0.25, 0.3) is 0 Å². The van der Waals surface area contributed by atoms with E-state index in [2.05, 4.69) is 49.4 Å². The Labute approximate surface area is 221 Å². The Balaban J connectivity index is 1.24. The molecule has 4 aromatic rings. The van der Waals surface area contributed by atoms with Crippen molar-refractivity contribution in [2.45, 2.75) is 54.6 Å². The Morgan fingerprint density at radius 3 is 2.43 bits per heavy atom. The zero-order chi connectivity index (χ0) is 25.2. The Hall–Kier alpha value is -2.71. The lowest BCUT2D eigenvalue weighted by Gasteiger charge is -2.47. The molecule has 2 heterocycles. The van der Waals surface area contributed by atoms with E-state index >= 15 is 0 Å². The zero-order valence-corrected chi connectivity index (χ0v) is 21.4. The van der Waals surface area contributed by atoms with Gasteiger partial charge in [-0.2, -0.15) is 0 Å². The number of aliphatic hydroxyl groups excluding tert-OH is 1. The number of ether oxygens (including phenoxy) is 4. The number of thioether (sulfide) groups is 1. The van der Waals surface area contributed by atoms with Gasteiger partial charge in [-0.3, -0.25) is 0 Å². The molecule has 0 radical (unpaired) electrons.